The van der Waals surface area contributed by atoms with Gasteiger partial charge in [-0.1, -0.05) is 12.8 Å². The molecule has 2 aliphatic rings. The molecule has 1 aromatic heterocycles. The molecule has 0 radical (unpaired) electrons. The van der Waals surface area contributed by atoms with E-state index < -0.39 is 16.0 Å². The molecule has 1 saturated carbocycles. The number of fused-ring (bicyclic) bond motifs is 1. The second-order valence-electron chi connectivity index (χ2n) is 7.85. The van der Waals surface area contributed by atoms with E-state index in [1.807, 2.05) is 11.7 Å². The van der Waals surface area contributed by atoms with Gasteiger partial charge in [-0.3, -0.25) is 4.68 Å². The number of sulfonamides is 1. The van der Waals surface area contributed by atoms with Crippen LogP contribution >= 0.6 is 0 Å². The standard InChI is InChI=1S/C21H27N3O4S/c1-23-20-9-5-8-18(20)19(22-23)14-24(16-6-3-4-7-16)29(26,27)17-12-10-15(11-13-17)21(25)28-2/h10-13,16H,3-9,14H2,1-2H3. The highest BCUT2D eigenvalue weighted by atomic mass is 32.2. The zero-order valence-corrected chi connectivity index (χ0v) is 17.7. The molecule has 8 heteroatoms. The van der Waals surface area contributed by atoms with Crippen LogP contribution < -0.4 is 0 Å². The molecule has 0 amide bonds. The first kappa shape index (κ1) is 20.1. The molecule has 1 fully saturated rings. The third-order valence-corrected chi connectivity index (χ3v) is 8.03. The molecular weight excluding hydrogens is 390 g/mol. The van der Waals surface area contributed by atoms with Crippen LogP contribution in [0.1, 0.15) is 59.4 Å². The van der Waals surface area contributed by atoms with E-state index in [0.29, 0.717) is 12.1 Å². The molecular formula is C21H27N3O4S. The summed E-state index contributed by atoms with van der Waals surface area (Å²) in [5.41, 5.74) is 3.65. The van der Waals surface area contributed by atoms with Gasteiger partial charge in [-0.2, -0.15) is 9.40 Å². The molecule has 1 aromatic carbocycles. The van der Waals surface area contributed by atoms with Crippen LogP contribution in [0.5, 0.6) is 0 Å². The molecule has 156 valence electrons. The van der Waals surface area contributed by atoms with E-state index in [1.54, 1.807) is 4.31 Å². The Morgan fingerprint density at radius 3 is 2.52 bits per heavy atom. The number of hydrogen-bond donors (Lipinski definition) is 0. The van der Waals surface area contributed by atoms with Gasteiger partial charge < -0.3 is 4.74 Å². The predicted molar refractivity (Wildman–Crippen MR) is 108 cm³/mol. The Labute approximate surface area is 171 Å². The van der Waals surface area contributed by atoms with Crippen molar-refractivity contribution in [2.45, 2.75) is 62.4 Å². The van der Waals surface area contributed by atoms with Gasteiger partial charge in [0.15, 0.2) is 0 Å². The van der Waals surface area contributed by atoms with Crippen LogP contribution in [0.3, 0.4) is 0 Å². The summed E-state index contributed by atoms with van der Waals surface area (Å²) in [7, 11) is -0.464. The maximum Gasteiger partial charge on any atom is 0.337 e. The first-order valence-electron chi connectivity index (χ1n) is 10.2. The fourth-order valence-electron chi connectivity index (χ4n) is 4.59. The van der Waals surface area contributed by atoms with Crippen LogP contribution in [0, 0.1) is 0 Å². The molecule has 2 aliphatic carbocycles. The SMILES string of the molecule is COC(=O)c1ccc(S(=O)(=O)N(Cc2nn(C)c3c2CCC3)C2CCCC2)cc1. The summed E-state index contributed by atoms with van der Waals surface area (Å²) in [6.07, 6.45) is 6.88. The normalized spacial score (nSPS) is 17.1. The maximum atomic E-state index is 13.6. The summed E-state index contributed by atoms with van der Waals surface area (Å²) in [6, 6.07) is 5.98. The maximum absolute atomic E-state index is 13.6. The number of hydrogen-bond acceptors (Lipinski definition) is 5. The molecule has 29 heavy (non-hydrogen) atoms. The largest absolute Gasteiger partial charge is 0.465 e. The van der Waals surface area contributed by atoms with Crippen LogP contribution in [0.2, 0.25) is 0 Å². The lowest BCUT2D eigenvalue weighted by atomic mass is 10.2. The second kappa shape index (κ2) is 7.91. The Morgan fingerprint density at radius 2 is 1.86 bits per heavy atom. The lowest BCUT2D eigenvalue weighted by Crippen LogP contribution is -2.38. The zero-order chi connectivity index (χ0) is 20.6. The predicted octanol–water partition coefficient (Wildman–Crippen LogP) is 2.83. The molecule has 0 atom stereocenters. The number of aryl methyl sites for hydroxylation is 1. The van der Waals surface area contributed by atoms with Crippen LogP contribution in [0.4, 0.5) is 0 Å². The minimum atomic E-state index is -3.71. The van der Waals surface area contributed by atoms with E-state index in [1.165, 1.54) is 42.6 Å². The average Bonchev–Trinajstić information content (AvgIpc) is 3.46. The van der Waals surface area contributed by atoms with Gasteiger partial charge in [0, 0.05) is 18.8 Å². The Morgan fingerprint density at radius 1 is 1.17 bits per heavy atom. The molecule has 7 nitrogen and oxygen atoms in total. The fraction of sp³-hybridized carbons (Fsp3) is 0.524. The summed E-state index contributed by atoms with van der Waals surface area (Å²) in [4.78, 5) is 11.9. The highest BCUT2D eigenvalue weighted by Gasteiger charge is 2.35. The van der Waals surface area contributed by atoms with Crippen molar-refractivity contribution < 1.29 is 17.9 Å². The molecule has 0 unspecified atom stereocenters. The summed E-state index contributed by atoms with van der Waals surface area (Å²) in [5, 5.41) is 4.65. The first-order chi connectivity index (χ1) is 13.9. The highest BCUT2D eigenvalue weighted by molar-refractivity contribution is 7.89. The molecule has 1 heterocycles. The number of ether oxygens (including phenoxy) is 1. The van der Waals surface area contributed by atoms with Gasteiger partial charge in [0.2, 0.25) is 10.0 Å². The quantitative estimate of drug-likeness (QED) is 0.675. The Bertz CT molecular complexity index is 1010. The molecule has 2 aromatic rings. The smallest absolute Gasteiger partial charge is 0.337 e. The van der Waals surface area contributed by atoms with E-state index in [0.717, 1.165) is 50.6 Å². The molecule has 0 spiro atoms. The number of aromatic nitrogens is 2. The number of carbonyl (C=O) groups excluding carboxylic acids is 1. The van der Waals surface area contributed by atoms with Crippen LogP contribution in [-0.2, 0) is 41.2 Å². The second-order valence-corrected chi connectivity index (χ2v) is 9.74. The Balaban J connectivity index is 1.67. The molecule has 4 rings (SSSR count). The van der Waals surface area contributed by atoms with Crippen molar-refractivity contribution in [1.29, 1.82) is 0 Å². The van der Waals surface area contributed by atoms with Crippen molar-refractivity contribution in [3.05, 3.63) is 46.8 Å². The number of esters is 1. The molecule has 0 bridgehead atoms. The van der Waals surface area contributed by atoms with Crippen LogP contribution in [0.15, 0.2) is 29.2 Å². The lowest BCUT2D eigenvalue weighted by Gasteiger charge is -2.28. The fourth-order valence-corrected chi connectivity index (χ4v) is 6.24. The average molecular weight is 418 g/mol. The van der Waals surface area contributed by atoms with Gasteiger partial charge in [0.1, 0.15) is 0 Å². The molecule has 0 aliphatic heterocycles. The van der Waals surface area contributed by atoms with Crippen molar-refractivity contribution in [3.63, 3.8) is 0 Å². The van der Waals surface area contributed by atoms with Crippen molar-refractivity contribution in [1.82, 2.24) is 14.1 Å². The first-order valence-corrected chi connectivity index (χ1v) is 11.6. The van der Waals surface area contributed by atoms with Crippen molar-refractivity contribution in [2.75, 3.05) is 7.11 Å². The molecule has 0 saturated heterocycles. The zero-order valence-electron chi connectivity index (χ0n) is 16.9. The van der Waals surface area contributed by atoms with Gasteiger partial charge in [0.25, 0.3) is 0 Å². The van der Waals surface area contributed by atoms with E-state index in [-0.39, 0.29) is 10.9 Å². The highest BCUT2D eigenvalue weighted by Crippen LogP contribution is 2.32. The number of nitrogens with zero attached hydrogens (tertiary/aromatic N) is 3. The molecule has 0 N–H and O–H groups in total. The lowest BCUT2D eigenvalue weighted by molar-refractivity contribution is 0.0600. The third kappa shape index (κ3) is 3.71. The summed E-state index contributed by atoms with van der Waals surface area (Å²) in [5.74, 6) is -0.481. The summed E-state index contributed by atoms with van der Waals surface area (Å²) < 4.78 is 35.4. The Kier molecular flexibility index (Phi) is 5.48. The van der Waals surface area contributed by atoms with E-state index in [2.05, 4.69) is 5.10 Å². The number of carbonyl (C=O) groups is 1. The van der Waals surface area contributed by atoms with Crippen LogP contribution in [0.25, 0.3) is 0 Å². The van der Waals surface area contributed by atoms with E-state index in [9.17, 15) is 13.2 Å². The van der Waals surface area contributed by atoms with E-state index >= 15 is 0 Å². The van der Waals surface area contributed by atoms with Gasteiger partial charge in [-0.25, -0.2) is 13.2 Å². The van der Waals surface area contributed by atoms with Crippen molar-refractivity contribution in [3.8, 4) is 0 Å². The van der Waals surface area contributed by atoms with Crippen molar-refractivity contribution in [2.24, 2.45) is 7.05 Å². The minimum absolute atomic E-state index is 0.0145. The number of methoxy groups -OCH3 is 1. The van der Waals surface area contributed by atoms with Crippen molar-refractivity contribution >= 4 is 16.0 Å². The van der Waals surface area contributed by atoms with E-state index in [4.69, 9.17) is 4.74 Å². The Hall–Kier alpha value is -2.19. The number of benzene rings is 1. The van der Waals surface area contributed by atoms with Gasteiger partial charge in [-0.15, -0.1) is 0 Å². The topological polar surface area (TPSA) is 81.5 Å². The summed E-state index contributed by atoms with van der Waals surface area (Å²) in [6.45, 7) is 0.301. The van der Waals surface area contributed by atoms with Gasteiger partial charge in [-0.05, 0) is 61.9 Å². The number of rotatable bonds is 6. The third-order valence-electron chi connectivity index (χ3n) is 6.12. The summed E-state index contributed by atoms with van der Waals surface area (Å²) >= 11 is 0. The monoisotopic (exact) mass is 417 g/mol. The minimum Gasteiger partial charge on any atom is -0.465 e. The van der Waals surface area contributed by atoms with Crippen LogP contribution in [-0.4, -0.2) is 41.6 Å². The van der Waals surface area contributed by atoms with Gasteiger partial charge in [0.05, 0.1) is 29.8 Å². The van der Waals surface area contributed by atoms with Gasteiger partial charge >= 0.3 is 5.97 Å².